The first-order chi connectivity index (χ1) is 14.7. The standard InChI is InChI=1S/C19H13F5N4O3/c20-12(21)8-28-17-15(25-5-6-26-17)16(29)13(18(28)30)10-3-1-2-9(11-4-7-31-27-11)14(10)19(22,23)24/h1-3,5-6,12,29H,4,7-8H2. The van der Waals surface area contributed by atoms with Crippen LogP contribution in [0, 0.1) is 0 Å². The van der Waals surface area contributed by atoms with E-state index in [2.05, 4.69) is 15.1 Å². The summed E-state index contributed by atoms with van der Waals surface area (Å²) in [6, 6.07) is 3.39. The van der Waals surface area contributed by atoms with E-state index in [1.54, 1.807) is 0 Å². The Bertz CT molecular complexity index is 1250. The lowest BCUT2D eigenvalue weighted by Crippen LogP contribution is -2.27. The van der Waals surface area contributed by atoms with Crippen molar-refractivity contribution in [2.45, 2.75) is 25.6 Å². The number of aromatic nitrogens is 3. The Kier molecular flexibility index (Phi) is 5.07. The second-order valence-electron chi connectivity index (χ2n) is 6.61. The number of nitrogens with zero attached hydrogens (tertiary/aromatic N) is 4. The van der Waals surface area contributed by atoms with E-state index >= 15 is 0 Å². The molecule has 0 radical (unpaired) electrons. The second-order valence-corrected chi connectivity index (χ2v) is 6.61. The van der Waals surface area contributed by atoms with E-state index in [9.17, 15) is 31.9 Å². The molecule has 7 nitrogen and oxygen atoms in total. The Morgan fingerprint density at radius 3 is 2.52 bits per heavy atom. The van der Waals surface area contributed by atoms with Crippen molar-refractivity contribution < 1.29 is 31.9 Å². The predicted molar refractivity (Wildman–Crippen MR) is 99.0 cm³/mol. The van der Waals surface area contributed by atoms with Gasteiger partial charge < -0.3 is 9.94 Å². The number of hydrogen-bond donors (Lipinski definition) is 1. The number of alkyl halides is 5. The maximum Gasteiger partial charge on any atom is 0.417 e. The quantitative estimate of drug-likeness (QED) is 0.627. The summed E-state index contributed by atoms with van der Waals surface area (Å²) in [5, 5.41) is 14.3. The zero-order valence-corrected chi connectivity index (χ0v) is 15.5. The third-order valence-electron chi connectivity index (χ3n) is 4.71. The number of halogens is 5. The van der Waals surface area contributed by atoms with Gasteiger partial charge in [0.15, 0.2) is 11.4 Å². The molecule has 1 N–H and O–H groups in total. The van der Waals surface area contributed by atoms with Crippen molar-refractivity contribution in [2.24, 2.45) is 5.16 Å². The molecule has 1 aromatic carbocycles. The van der Waals surface area contributed by atoms with Crippen molar-refractivity contribution in [3.8, 4) is 16.9 Å². The van der Waals surface area contributed by atoms with Crippen LogP contribution >= 0.6 is 0 Å². The molecular weight excluding hydrogens is 427 g/mol. The van der Waals surface area contributed by atoms with E-state index in [0.717, 1.165) is 24.5 Å². The zero-order valence-electron chi connectivity index (χ0n) is 15.5. The fourth-order valence-corrected chi connectivity index (χ4v) is 3.50. The highest BCUT2D eigenvalue weighted by molar-refractivity contribution is 6.04. The molecule has 0 aliphatic carbocycles. The van der Waals surface area contributed by atoms with Crippen LogP contribution in [0.15, 0.2) is 40.5 Å². The van der Waals surface area contributed by atoms with Crippen LogP contribution in [0.4, 0.5) is 22.0 Å². The first kappa shape index (κ1) is 20.7. The Balaban J connectivity index is 2.11. The minimum atomic E-state index is -4.96. The van der Waals surface area contributed by atoms with Gasteiger partial charge >= 0.3 is 6.18 Å². The molecule has 2 aromatic heterocycles. The van der Waals surface area contributed by atoms with Crippen LogP contribution in [-0.2, 0) is 17.6 Å². The third kappa shape index (κ3) is 3.57. The van der Waals surface area contributed by atoms with Crippen LogP contribution in [0.5, 0.6) is 5.75 Å². The van der Waals surface area contributed by atoms with E-state index in [-0.39, 0.29) is 35.5 Å². The van der Waals surface area contributed by atoms with Crippen molar-refractivity contribution >= 4 is 16.9 Å². The van der Waals surface area contributed by atoms with Gasteiger partial charge in [-0.25, -0.2) is 18.7 Å². The summed E-state index contributed by atoms with van der Waals surface area (Å²) < 4.78 is 69.1. The maximum absolute atomic E-state index is 14.1. The molecule has 0 atom stereocenters. The monoisotopic (exact) mass is 440 g/mol. The molecule has 3 heterocycles. The van der Waals surface area contributed by atoms with Crippen LogP contribution in [0.1, 0.15) is 17.5 Å². The summed E-state index contributed by atoms with van der Waals surface area (Å²) in [6.07, 6.45) is -5.62. The number of pyridine rings is 1. The van der Waals surface area contributed by atoms with Gasteiger partial charge in [0.2, 0.25) is 0 Å². The molecule has 12 heteroatoms. The largest absolute Gasteiger partial charge is 0.505 e. The molecule has 0 saturated heterocycles. The average Bonchev–Trinajstić information content (AvgIpc) is 3.25. The van der Waals surface area contributed by atoms with Crippen molar-refractivity contribution in [2.75, 3.05) is 6.61 Å². The number of benzene rings is 1. The van der Waals surface area contributed by atoms with Gasteiger partial charge in [-0.05, 0) is 0 Å². The first-order valence-corrected chi connectivity index (χ1v) is 8.94. The van der Waals surface area contributed by atoms with E-state index in [1.807, 2.05) is 0 Å². The Labute approximate surface area is 170 Å². The van der Waals surface area contributed by atoms with E-state index in [1.165, 1.54) is 6.07 Å². The summed E-state index contributed by atoms with van der Waals surface area (Å²) in [5.41, 5.74) is -5.04. The molecule has 0 saturated carbocycles. The Morgan fingerprint density at radius 2 is 1.87 bits per heavy atom. The van der Waals surface area contributed by atoms with Gasteiger partial charge in [0.05, 0.1) is 23.4 Å². The van der Waals surface area contributed by atoms with Crippen molar-refractivity contribution in [1.29, 1.82) is 0 Å². The summed E-state index contributed by atoms with van der Waals surface area (Å²) >= 11 is 0. The fraction of sp³-hybridized carbons (Fsp3) is 0.263. The minimum Gasteiger partial charge on any atom is -0.505 e. The fourth-order valence-electron chi connectivity index (χ4n) is 3.50. The molecule has 3 aromatic rings. The molecule has 0 amide bonds. The highest BCUT2D eigenvalue weighted by Gasteiger charge is 2.39. The summed E-state index contributed by atoms with van der Waals surface area (Å²) in [5.74, 6) is -0.883. The molecule has 162 valence electrons. The average molecular weight is 440 g/mol. The number of rotatable bonds is 4. The molecule has 0 unspecified atom stereocenters. The summed E-state index contributed by atoms with van der Waals surface area (Å²) in [4.78, 5) is 25.4. The SMILES string of the molecule is O=c1c(-c2cccc(C3=NOCC3)c2C(F)(F)F)c(O)c2nccnc2n1CC(F)F. The van der Waals surface area contributed by atoms with Gasteiger partial charge in [-0.3, -0.25) is 9.36 Å². The Hall–Kier alpha value is -3.57. The molecule has 1 aliphatic heterocycles. The second kappa shape index (κ2) is 7.60. The van der Waals surface area contributed by atoms with Crippen molar-refractivity contribution in [1.82, 2.24) is 14.5 Å². The van der Waals surface area contributed by atoms with Gasteiger partial charge in [-0.1, -0.05) is 23.4 Å². The van der Waals surface area contributed by atoms with Gasteiger partial charge in [-0.15, -0.1) is 0 Å². The molecule has 0 spiro atoms. The van der Waals surface area contributed by atoms with Crippen LogP contribution in [0.2, 0.25) is 0 Å². The number of fused-ring (bicyclic) bond motifs is 1. The molecule has 0 fully saturated rings. The van der Waals surface area contributed by atoms with Crippen LogP contribution in [0.3, 0.4) is 0 Å². The number of hydrogen-bond acceptors (Lipinski definition) is 6. The molecular formula is C19H13F5N4O3. The molecule has 0 bridgehead atoms. The lowest BCUT2D eigenvalue weighted by molar-refractivity contribution is -0.137. The molecule has 1 aliphatic rings. The predicted octanol–water partition coefficient (Wildman–Crippen LogP) is 3.57. The lowest BCUT2D eigenvalue weighted by Gasteiger charge is -2.19. The first-order valence-electron chi connectivity index (χ1n) is 8.94. The number of oxime groups is 1. The van der Waals surface area contributed by atoms with E-state index in [0.29, 0.717) is 4.57 Å². The Morgan fingerprint density at radius 1 is 1.16 bits per heavy atom. The van der Waals surface area contributed by atoms with Crippen LogP contribution in [-0.4, -0.2) is 38.4 Å². The normalized spacial score (nSPS) is 14.2. The highest BCUT2D eigenvalue weighted by Crippen LogP contribution is 2.42. The smallest absolute Gasteiger partial charge is 0.417 e. The summed E-state index contributed by atoms with van der Waals surface area (Å²) in [7, 11) is 0. The van der Waals surface area contributed by atoms with Crippen molar-refractivity contribution in [3.63, 3.8) is 0 Å². The lowest BCUT2D eigenvalue weighted by atomic mass is 9.92. The van der Waals surface area contributed by atoms with Gasteiger partial charge in [0, 0.05) is 29.9 Å². The summed E-state index contributed by atoms with van der Waals surface area (Å²) in [6.45, 7) is -1.04. The molecule has 4 rings (SSSR count). The van der Waals surface area contributed by atoms with Gasteiger partial charge in [0.25, 0.3) is 12.0 Å². The maximum atomic E-state index is 14.1. The van der Waals surface area contributed by atoms with Crippen LogP contribution in [0.25, 0.3) is 22.3 Å². The van der Waals surface area contributed by atoms with Crippen molar-refractivity contribution in [3.05, 3.63) is 52.1 Å². The van der Waals surface area contributed by atoms with Gasteiger partial charge in [-0.2, -0.15) is 13.2 Å². The van der Waals surface area contributed by atoms with Crippen LogP contribution < -0.4 is 5.56 Å². The third-order valence-corrected chi connectivity index (χ3v) is 4.71. The zero-order chi connectivity index (χ0) is 22.3. The number of aromatic hydroxyl groups is 1. The topological polar surface area (TPSA) is 89.6 Å². The van der Waals surface area contributed by atoms with E-state index in [4.69, 9.17) is 4.84 Å². The molecule has 31 heavy (non-hydrogen) atoms. The van der Waals surface area contributed by atoms with Gasteiger partial charge in [0.1, 0.15) is 12.1 Å². The minimum absolute atomic E-state index is 0.0159. The highest BCUT2D eigenvalue weighted by atomic mass is 19.4. The van der Waals surface area contributed by atoms with E-state index < -0.39 is 47.1 Å².